The predicted molar refractivity (Wildman–Crippen MR) is 66.1 cm³/mol. The Morgan fingerprint density at radius 3 is 2.27 bits per heavy atom. The van der Waals surface area contributed by atoms with Crippen LogP contribution in [0.1, 0.15) is 65.2 Å². The van der Waals surface area contributed by atoms with Gasteiger partial charge in [0.2, 0.25) is 0 Å². The van der Waals surface area contributed by atoms with Gasteiger partial charge >= 0.3 is 0 Å². The Morgan fingerprint density at radius 2 is 1.53 bits per heavy atom. The van der Waals surface area contributed by atoms with Gasteiger partial charge in [0.1, 0.15) is 0 Å². The lowest BCUT2D eigenvalue weighted by atomic mass is 9.92. The Hall–Kier alpha value is -0.0400. The molecular formula is C14H27N. The van der Waals surface area contributed by atoms with Crippen molar-refractivity contribution in [1.29, 1.82) is 0 Å². The minimum atomic E-state index is 0.765. The van der Waals surface area contributed by atoms with E-state index in [4.69, 9.17) is 0 Å². The maximum atomic E-state index is 2.77. The highest BCUT2D eigenvalue weighted by Crippen LogP contribution is 2.34. The molecule has 15 heavy (non-hydrogen) atoms. The van der Waals surface area contributed by atoms with Gasteiger partial charge in [0, 0.05) is 12.1 Å². The molecule has 2 rings (SSSR count). The molecule has 0 bridgehead atoms. The van der Waals surface area contributed by atoms with Gasteiger partial charge in [0.15, 0.2) is 0 Å². The predicted octanol–water partition coefficient (Wildman–Crippen LogP) is 3.83. The minimum Gasteiger partial charge on any atom is -0.298 e. The molecule has 2 fully saturated rings. The van der Waals surface area contributed by atoms with Crippen LogP contribution >= 0.6 is 0 Å². The van der Waals surface area contributed by atoms with E-state index in [0.29, 0.717) is 0 Å². The maximum Gasteiger partial charge on any atom is 0.0127 e. The molecule has 1 saturated carbocycles. The van der Waals surface area contributed by atoms with Crippen molar-refractivity contribution in [3.8, 4) is 0 Å². The van der Waals surface area contributed by atoms with Crippen molar-refractivity contribution in [2.75, 3.05) is 6.54 Å². The van der Waals surface area contributed by atoms with Gasteiger partial charge in [-0.1, -0.05) is 32.1 Å². The number of rotatable bonds is 1. The topological polar surface area (TPSA) is 3.24 Å². The Morgan fingerprint density at radius 1 is 0.867 bits per heavy atom. The van der Waals surface area contributed by atoms with Gasteiger partial charge in [-0.3, -0.25) is 4.90 Å². The quantitative estimate of drug-likeness (QED) is 0.634. The molecule has 88 valence electrons. The van der Waals surface area contributed by atoms with Gasteiger partial charge in [-0.25, -0.2) is 0 Å². The first-order valence-electron chi connectivity index (χ1n) is 7.05. The summed E-state index contributed by atoms with van der Waals surface area (Å²) in [5, 5.41) is 0. The van der Waals surface area contributed by atoms with Crippen LogP contribution in [0.25, 0.3) is 0 Å². The van der Waals surface area contributed by atoms with Crippen LogP contribution in [-0.4, -0.2) is 23.5 Å². The lowest BCUT2D eigenvalue weighted by Crippen LogP contribution is -2.37. The molecule has 0 aromatic carbocycles. The van der Waals surface area contributed by atoms with Crippen molar-refractivity contribution in [3.05, 3.63) is 0 Å². The number of likely N-dealkylation sites (tertiary alicyclic amines) is 1. The van der Waals surface area contributed by atoms with E-state index in [2.05, 4.69) is 18.7 Å². The van der Waals surface area contributed by atoms with E-state index >= 15 is 0 Å². The Balaban J connectivity index is 1.98. The molecule has 1 heteroatoms. The van der Waals surface area contributed by atoms with Gasteiger partial charge in [0.25, 0.3) is 0 Å². The second kappa shape index (κ2) is 5.34. The monoisotopic (exact) mass is 209 g/mol. The fraction of sp³-hybridized carbons (Fsp3) is 1.00. The molecule has 1 saturated heterocycles. The maximum absolute atomic E-state index is 2.77. The van der Waals surface area contributed by atoms with E-state index in [0.717, 1.165) is 18.0 Å². The molecule has 0 spiro atoms. The second-order valence-electron chi connectivity index (χ2n) is 5.79. The number of hydrogen-bond donors (Lipinski definition) is 0. The first-order chi connectivity index (χ1) is 7.29. The van der Waals surface area contributed by atoms with Crippen LogP contribution in [0.15, 0.2) is 0 Å². The van der Waals surface area contributed by atoms with Crippen LogP contribution in [0.3, 0.4) is 0 Å². The van der Waals surface area contributed by atoms with Crippen LogP contribution in [0.5, 0.6) is 0 Å². The Kier molecular flexibility index (Phi) is 4.07. The fourth-order valence-corrected chi connectivity index (χ4v) is 3.61. The van der Waals surface area contributed by atoms with Gasteiger partial charge in [-0.2, -0.15) is 0 Å². The number of hydrogen-bond acceptors (Lipinski definition) is 1. The smallest absolute Gasteiger partial charge is 0.0127 e. The highest BCUT2D eigenvalue weighted by molar-refractivity contribution is 4.88. The van der Waals surface area contributed by atoms with Gasteiger partial charge in [0.05, 0.1) is 0 Å². The van der Waals surface area contributed by atoms with Crippen molar-refractivity contribution >= 4 is 0 Å². The van der Waals surface area contributed by atoms with E-state index in [-0.39, 0.29) is 0 Å². The van der Waals surface area contributed by atoms with Crippen molar-refractivity contribution in [3.63, 3.8) is 0 Å². The zero-order valence-electron chi connectivity index (χ0n) is 10.5. The molecule has 0 aromatic heterocycles. The first-order valence-corrected chi connectivity index (χ1v) is 7.05. The third-order valence-corrected chi connectivity index (χ3v) is 4.47. The van der Waals surface area contributed by atoms with Gasteiger partial charge < -0.3 is 0 Å². The zero-order chi connectivity index (χ0) is 10.7. The molecule has 1 heterocycles. The lowest BCUT2D eigenvalue weighted by molar-refractivity contribution is 0.168. The second-order valence-corrected chi connectivity index (χ2v) is 5.79. The fourth-order valence-electron chi connectivity index (χ4n) is 3.61. The van der Waals surface area contributed by atoms with E-state index in [9.17, 15) is 0 Å². The highest BCUT2D eigenvalue weighted by Gasteiger charge is 2.34. The van der Waals surface area contributed by atoms with E-state index in [1.807, 2.05) is 0 Å². The third kappa shape index (κ3) is 2.75. The molecule has 0 aromatic rings. The Labute approximate surface area is 95.2 Å². The van der Waals surface area contributed by atoms with E-state index in [1.165, 1.54) is 57.9 Å². The van der Waals surface area contributed by atoms with Crippen LogP contribution < -0.4 is 0 Å². The summed E-state index contributed by atoms with van der Waals surface area (Å²) in [7, 11) is 0. The largest absolute Gasteiger partial charge is 0.298 e. The Bertz CT molecular complexity index is 188. The summed E-state index contributed by atoms with van der Waals surface area (Å²) in [6, 6.07) is 1.70. The van der Waals surface area contributed by atoms with Crippen LogP contribution in [0.2, 0.25) is 0 Å². The lowest BCUT2D eigenvalue weighted by Gasteiger charge is -2.31. The minimum absolute atomic E-state index is 0.765. The summed E-state index contributed by atoms with van der Waals surface area (Å²) in [4.78, 5) is 2.77. The number of nitrogens with zero attached hydrogens (tertiary/aromatic N) is 1. The SMILES string of the molecule is CC(C)N1CCC2CCCCCCCC21. The molecule has 0 amide bonds. The first kappa shape index (κ1) is 11.4. The van der Waals surface area contributed by atoms with E-state index in [1.54, 1.807) is 0 Å². The molecule has 1 aliphatic carbocycles. The molecular weight excluding hydrogens is 182 g/mol. The van der Waals surface area contributed by atoms with Gasteiger partial charge in [-0.15, -0.1) is 0 Å². The van der Waals surface area contributed by atoms with E-state index < -0.39 is 0 Å². The highest BCUT2D eigenvalue weighted by atomic mass is 15.2. The zero-order valence-corrected chi connectivity index (χ0v) is 10.5. The van der Waals surface area contributed by atoms with Crippen molar-refractivity contribution in [1.82, 2.24) is 4.90 Å². The number of fused-ring (bicyclic) bond motifs is 1. The summed E-state index contributed by atoms with van der Waals surface area (Å²) in [6.45, 7) is 6.11. The molecule has 2 atom stereocenters. The summed E-state index contributed by atoms with van der Waals surface area (Å²) in [5.74, 6) is 1.03. The molecule has 1 aliphatic heterocycles. The van der Waals surface area contributed by atoms with Crippen LogP contribution in [0.4, 0.5) is 0 Å². The normalized spacial score (nSPS) is 34.6. The molecule has 0 N–H and O–H groups in total. The summed E-state index contributed by atoms with van der Waals surface area (Å²) in [5.41, 5.74) is 0. The standard InChI is InChI=1S/C14H27N/c1-12(2)15-11-10-13-8-6-4-3-5-7-9-14(13)15/h12-14H,3-11H2,1-2H3. The average molecular weight is 209 g/mol. The molecule has 2 aliphatic rings. The molecule has 2 unspecified atom stereocenters. The van der Waals surface area contributed by atoms with Crippen molar-refractivity contribution in [2.45, 2.75) is 77.3 Å². The van der Waals surface area contributed by atoms with Crippen molar-refractivity contribution < 1.29 is 0 Å². The van der Waals surface area contributed by atoms with Gasteiger partial charge in [-0.05, 0) is 45.6 Å². The van der Waals surface area contributed by atoms with Crippen molar-refractivity contribution in [2.24, 2.45) is 5.92 Å². The summed E-state index contributed by atoms with van der Waals surface area (Å²) >= 11 is 0. The average Bonchev–Trinajstić information content (AvgIpc) is 2.61. The van der Waals surface area contributed by atoms with Crippen LogP contribution in [-0.2, 0) is 0 Å². The third-order valence-electron chi connectivity index (χ3n) is 4.47. The molecule has 1 nitrogen and oxygen atoms in total. The summed E-state index contributed by atoms with van der Waals surface area (Å²) in [6.07, 6.45) is 11.9. The van der Waals surface area contributed by atoms with Crippen LogP contribution in [0, 0.1) is 5.92 Å². The summed E-state index contributed by atoms with van der Waals surface area (Å²) < 4.78 is 0. The molecule has 0 radical (unpaired) electrons.